The van der Waals surface area contributed by atoms with E-state index in [2.05, 4.69) is 27.5 Å². The molecule has 0 saturated heterocycles. The number of anilines is 2. The summed E-state index contributed by atoms with van der Waals surface area (Å²) in [6, 6.07) is 0.416. The number of aliphatic hydroxyl groups excluding tert-OH is 1. The second kappa shape index (κ2) is 6.70. The number of aliphatic hydroxyl groups is 1. The first-order valence-electron chi connectivity index (χ1n) is 8.41. The van der Waals surface area contributed by atoms with Crippen LogP contribution >= 0.6 is 0 Å². The first-order valence-corrected chi connectivity index (χ1v) is 8.41. The van der Waals surface area contributed by atoms with Gasteiger partial charge in [0, 0.05) is 18.3 Å². The molecule has 126 valence electrons. The predicted octanol–water partition coefficient (Wildman–Crippen LogP) is 1.50. The monoisotopic (exact) mass is 319 g/mol. The van der Waals surface area contributed by atoms with Crippen LogP contribution in [0.5, 0.6) is 0 Å². The number of nitrogens with one attached hydrogen (secondary N) is 2. The van der Waals surface area contributed by atoms with Gasteiger partial charge in [-0.3, -0.25) is 4.79 Å². The zero-order chi connectivity index (χ0) is 16.4. The maximum absolute atomic E-state index is 11.6. The van der Waals surface area contributed by atoms with E-state index in [1.807, 2.05) is 0 Å². The smallest absolute Gasteiger partial charge is 0.254 e. The number of carbonyl (C=O) groups excluding carboxylic acids is 1. The van der Waals surface area contributed by atoms with Crippen molar-refractivity contribution in [3.8, 4) is 0 Å². The van der Waals surface area contributed by atoms with Crippen LogP contribution in [0, 0.1) is 5.92 Å². The summed E-state index contributed by atoms with van der Waals surface area (Å²) in [6.45, 7) is 2.09. The average molecular weight is 319 g/mol. The fourth-order valence-corrected chi connectivity index (χ4v) is 3.15. The molecule has 3 rings (SSSR count). The zero-order valence-electron chi connectivity index (χ0n) is 13.5. The van der Waals surface area contributed by atoms with E-state index in [0.29, 0.717) is 29.7 Å². The van der Waals surface area contributed by atoms with Crippen LogP contribution in [0.15, 0.2) is 6.20 Å². The van der Waals surface area contributed by atoms with Gasteiger partial charge in [0.1, 0.15) is 5.82 Å². The highest BCUT2D eigenvalue weighted by molar-refractivity contribution is 5.97. The minimum atomic E-state index is -0.532. The van der Waals surface area contributed by atoms with E-state index in [0.717, 1.165) is 19.3 Å². The summed E-state index contributed by atoms with van der Waals surface area (Å²) in [5.41, 5.74) is 5.73. The molecule has 0 radical (unpaired) electrons. The number of nitrogens with zero attached hydrogens (tertiary/aromatic N) is 2. The minimum absolute atomic E-state index is 0.159. The van der Waals surface area contributed by atoms with Gasteiger partial charge in [-0.2, -0.15) is 4.98 Å². The van der Waals surface area contributed by atoms with Crippen molar-refractivity contribution in [3.05, 3.63) is 11.8 Å². The second-order valence-corrected chi connectivity index (χ2v) is 6.75. The SMILES string of the molecule is CC(Nc1nc(N[C@@H]2CCC[C@H](O)C2)ncc1C(N)=O)C1CC1. The number of primary amides is 1. The second-order valence-electron chi connectivity index (χ2n) is 6.75. The fraction of sp³-hybridized carbons (Fsp3) is 0.688. The van der Waals surface area contributed by atoms with Gasteiger partial charge in [-0.1, -0.05) is 0 Å². The zero-order valence-corrected chi connectivity index (χ0v) is 13.5. The van der Waals surface area contributed by atoms with Crippen molar-refractivity contribution in [2.75, 3.05) is 10.6 Å². The molecule has 0 bridgehead atoms. The highest BCUT2D eigenvalue weighted by atomic mass is 16.3. The topological polar surface area (TPSA) is 113 Å². The van der Waals surface area contributed by atoms with Crippen LogP contribution in [0.3, 0.4) is 0 Å². The van der Waals surface area contributed by atoms with Gasteiger partial charge in [-0.25, -0.2) is 4.98 Å². The Kier molecular flexibility index (Phi) is 4.66. The molecular formula is C16H25N5O2. The lowest BCUT2D eigenvalue weighted by Gasteiger charge is -2.27. The molecule has 1 aromatic heterocycles. The van der Waals surface area contributed by atoms with Crippen molar-refractivity contribution in [1.82, 2.24) is 9.97 Å². The summed E-state index contributed by atoms with van der Waals surface area (Å²) in [4.78, 5) is 20.2. The number of hydrogen-bond donors (Lipinski definition) is 4. The van der Waals surface area contributed by atoms with E-state index < -0.39 is 5.91 Å². The van der Waals surface area contributed by atoms with Gasteiger partial charge in [-0.15, -0.1) is 0 Å². The summed E-state index contributed by atoms with van der Waals surface area (Å²) in [5, 5.41) is 16.3. The molecule has 1 unspecified atom stereocenters. The summed E-state index contributed by atoms with van der Waals surface area (Å²) in [5.74, 6) is 1.07. The number of nitrogens with two attached hydrogens (primary N) is 1. The van der Waals surface area contributed by atoms with Crippen molar-refractivity contribution >= 4 is 17.7 Å². The molecule has 0 aromatic carbocycles. The number of rotatable bonds is 6. The van der Waals surface area contributed by atoms with Crippen molar-refractivity contribution in [2.45, 2.75) is 63.6 Å². The molecule has 7 nitrogen and oxygen atoms in total. The molecule has 0 aliphatic heterocycles. The van der Waals surface area contributed by atoms with Crippen LogP contribution in [-0.2, 0) is 0 Å². The van der Waals surface area contributed by atoms with E-state index in [-0.39, 0.29) is 18.2 Å². The molecule has 7 heteroatoms. The first kappa shape index (κ1) is 16.0. The summed E-state index contributed by atoms with van der Waals surface area (Å²) in [6.07, 6.45) is 7.14. The largest absolute Gasteiger partial charge is 0.393 e. The van der Waals surface area contributed by atoms with E-state index in [9.17, 15) is 9.90 Å². The predicted molar refractivity (Wildman–Crippen MR) is 88.2 cm³/mol. The van der Waals surface area contributed by atoms with Crippen LogP contribution in [0.1, 0.15) is 55.8 Å². The van der Waals surface area contributed by atoms with Crippen molar-refractivity contribution in [2.24, 2.45) is 11.7 Å². The molecule has 0 spiro atoms. The summed E-state index contributed by atoms with van der Waals surface area (Å²) < 4.78 is 0. The van der Waals surface area contributed by atoms with Gasteiger partial charge in [0.25, 0.3) is 5.91 Å². The lowest BCUT2D eigenvalue weighted by atomic mass is 9.93. The minimum Gasteiger partial charge on any atom is -0.393 e. The number of amides is 1. The van der Waals surface area contributed by atoms with Gasteiger partial charge < -0.3 is 21.5 Å². The molecule has 1 aromatic rings. The van der Waals surface area contributed by atoms with E-state index >= 15 is 0 Å². The van der Waals surface area contributed by atoms with Gasteiger partial charge in [0.15, 0.2) is 0 Å². The highest BCUT2D eigenvalue weighted by Crippen LogP contribution is 2.34. The Bertz CT molecular complexity index is 576. The molecule has 2 aliphatic carbocycles. The molecule has 1 heterocycles. The van der Waals surface area contributed by atoms with Crippen molar-refractivity contribution in [1.29, 1.82) is 0 Å². The van der Waals surface area contributed by atoms with Gasteiger partial charge >= 0.3 is 0 Å². The van der Waals surface area contributed by atoms with Gasteiger partial charge in [0.2, 0.25) is 5.95 Å². The molecule has 2 fully saturated rings. The number of carbonyl (C=O) groups is 1. The number of aromatic nitrogens is 2. The quantitative estimate of drug-likeness (QED) is 0.632. The first-order chi connectivity index (χ1) is 11.0. The molecule has 23 heavy (non-hydrogen) atoms. The normalized spacial score (nSPS) is 25.7. The summed E-state index contributed by atoms with van der Waals surface area (Å²) >= 11 is 0. The van der Waals surface area contributed by atoms with Gasteiger partial charge in [0.05, 0.1) is 11.7 Å². The summed E-state index contributed by atoms with van der Waals surface area (Å²) in [7, 11) is 0. The fourth-order valence-electron chi connectivity index (χ4n) is 3.15. The Morgan fingerprint density at radius 3 is 2.83 bits per heavy atom. The third-order valence-corrected chi connectivity index (χ3v) is 4.73. The molecule has 3 atom stereocenters. The Hall–Kier alpha value is -1.89. The lowest BCUT2D eigenvalue weighted by Crippen LogP contribution is -2.31. The van der Waals surface area contributed by atoms with Gasteiger partial charge in [-0.05, 0) is 51.4 Å². The van der Waals surface area contributed by atoms with E-state index in [4.69, 9.17) is 5.73 Å². The Morgan fingerprint density at radius 1 is 1.39 bits per heavy atom. The standard InChI is InChI=1S/C16H25N5O2/c1-9(10-5-6-10)19-15-13(14(17)23)8-18-16(21-15)20-11-3-2-4-12(22)7-11/h8-12,22H,2-7H2,1H3,(H2,17,23)(H2,18,19,20,21)/t9?,11-,12+/m1/s1. The Morgan fingerprint density at radius 2 is 2.17 bits per heavy atom. The average Bonchev–Trinajstić information content (AvgIpc) is 3.31. The molecule has 1 amide bonds. The van der Waals surface area contributed by atoms with E-state index in [1.54, 1.807) is 0 Å². The third-order valence-electron chi connectivity index (χ3n) is 4.73. The number of hydrogen-bond acceptors (Lipinski definition) is 6. The maximum Gasteiger partial charge on any atom is 0.254 e. The van der Waals surface area contributed by atoms with Crippen molar-refractivity contribution in [3.63, 3.8) is 0 Å². The van der Waals surface area contributed by atoms with Crippen LogP contribution in [0.25, 0.3) is 0 Å². The van der Waals surface area contributed by atoms with Crippen LogP contribution in [0.4, 0.5) is 11.8 Å². The molecule has 5 N–H and O–H groups in total. The Balaban J connectivity index is 1.74. The molecule has 2 saturated carbocycles. The lowest BCUT2D eigenvalue weighted by molar-refractivity contribution is 0.100. The van der Waals surface area contributed by atoms with Crippen LogP contribution in [0.2, 0.25) is 0 Å². The highest BCUT2D eigenvalue weighted by Gasteiger charge is 2.29. The third kappa shape index (κ3) is 4.10. The van der Waals surface area contributed by atoms with E-state index in [1.165, 1.54) is 19.0 Å². The van der Waals surface area contributed by atoms with Crippen LogP contribution in [-0.4, -0.2) is 39.2 Å². The van der Waals surface area contributed by atoms with Crippen LogP contribution < -0.4 is 16.4 Å². The Labute approximate surface area is 136 Å². The van der Waals surface area contributed by atoms with Crippen molar-refractivity contribution < 1.29 is 9.90 Å². The molecular weight excluding hydrogens is 294 g/mol. The maximum atomic E-state index is 11.6. The molecule has 2 aliphatic rings.